The predicted octanol–water partition coefficient (Wildman–Crippen LogP) is 1.73. The van der Waals surface area contributed by atoms with E-state index in [1.807, 2.05) is 0 Å². The average Bonchev–Trinajstić information content (AvgIpc) is 2.35. The summed E-state index contributed by atoms with van der Waals surface area (Å²) in [5.41, 5.74) is 0.640. The fourth-order valence-corrected chi connectivity index (χ4v) is 1.48. The van der Waals surface area contributed by atoms with E-state index < -0.39 is 17.8 Å². The van der Waals surface area contributed by atoms with Crippen molar-refractivity contribution in [3.05, 3.63) is 47.8 Å². The first-order chi connectivity index (χ1) is 8.45. The second-order valence-electron chi connectivity index (χ2n) is 3.70. The first-order valence-corrected chi connectivity index (χ1v) is 5.25. The van der Waals surface area contributed by atoms with Crippen molar-refractivity contribution < 1.29 is 18.7 Å². The first kappa shape index (κ1) is 13.9. The van der Waals surface area contributed by atoms with Crippen LogP contribution in [-0.4, -0.2) is 19.0 Å². The van der Waals surface area contributed by atoms with E-state index in [-0.39, 0.29) is 11.5 Å². The molecule has 0 heterocycles. The van der Waals surface area contributed by atoms with Gasteiger partial charge in [-0.05, 0) is 17.7 Å². The number of hydrogen-bond donors (Lipinski definition) is 1. The number of methoxy groups -OCH3 is 1. The minimum absolute atomic E-state index is 0.0827. The van der Waals surface area contributed by atoms with Crippen molar-refractivity contribution in [2.45, 2.75) is 13.0 Å². The van der Waals surface area contributed by atoms with Gasteiger partial charge in [-0.15, -0.1) is 0 Å². The first-order valence-electron chi connectivity index (χ1n) is 5.25. The Morgan fingerprint density at radius 2 is 1.89 bits per heavy atom. The lowest BCUT2D eigenvalue weighted by molar-refractivity contribution is -0.136. The van der Waals surface area contributed by atoms with Gasteiger partial charge >= 0.3 is 5.97 Å². The van der Waals surface area contributed by atoms with Gasteiger partial charge in [-0.1, -0.05) is 18.7 Å². The number of esters is 1. The van der Waals surface area contributed by atoms with Crippen LogP contribution in [0.15, 0.2) is 36.4 Å². The molecule has 96 valence electrons. The molecule has 0 radical (unpaired) electrons. The van der Waals surface area contributed by atoms with Gasteiger partial charge in [0, 0.05) is 6.92 Å². The Hall–Kier alpha value is -2.17. The maximum absolute atomic E-state index is 12.8. The van der Waals surface area contributed by atoms with Gasteiger partial charge < -0.3 is 10.1 Å². The van der Waals surface area contributed by atoms with E-state index in [2.05, 4.69) is 16.6 Å². The highest BCUT2D eigenvalue weighted by Gasteiger charge is 2.22. The molecular weight excluding hydrogens is 237 g/mol. The van der Waals surface area contributed by atoms with E-state index in [1.165, 1.54) is 38.3 Å². The third-order valence-corrected chi connectivity index (χ3v) is 2.35. The largest absolute Gasteiger partial charge is 0.466 e. The lowest BCUT2D eigenvalue weighted by Crippen LogP contribution is -2.30. The topological polar surface area (TPSA) is 55.4 Å². The second kappa shape index (κ2) is 5.95. The van der Waals surface area contributed by atoms with Gasteiger partial charge in [0.05, 0.1) is 18.7 Å². The zero-order valence-corrected chi connectivity index (χ0v) is 10.2. The molecule has 0 aliphatic rings. The van der Waals surface area contributed by atoms with E-state index in [1.54, 1.807) is 0 Å². The van der Waals surface area contributed by atoms with Crippen LogP contribution >= 0.6 is 0 Å². The van der Waals surface area contributed by atoms with Crippen LogP contribution in [0.5, 0.6) is 0 Å². The van der Waals surface area contributed by atoms with E-state index in [0.717, 1.165) is 0 Å². The highest BCUT2D eigenvalue weighted by Crippen LogP contribution is 2.21. The molecule has 1 amide bonds. The molecule has 1 unspecified atom stereocenters. The Kier molecular flexibility index (Phi) is 4.59. The maximum Gasteiger partial charge on any atom is 0.335 e. The van der Waals surface area contributed by atoms with Crippen molar-refractivity contribution in [3.8, 4) is 0 Å². The van der Waals surface area contributed by atoms with Crippen LogP contribution in [0, 0.1) is 5.82 Å². The van der Waals surface area contributed by atoms with Crippen LogP contribution in [0.25, 0.3) is 0 Å². The summed E-state index contributed by atoms with van der Waals surface area (Å²) in [6, 6.07) is 4.72. The Bertz CT molecular complexity index is 468. The highest BCUT2D eigenvalue weighted by molar-refractivity contribution is 5.90. The number of halogens is 1. The average molecular weight is 251 g/mol. The van der Waals surface area contributed by atoms with Crippen molar-refractivity contribution in [2.24, 2.45) is 0 Å². The normalized spacial score (nSPS) is 11.5. The molecule has 18 heavy (non-hydrogen) atoms. The molecule has 0 saturated heterocycles. The summed E-state index contributed by atoms with van der Waals surface area (Å²) in [6.45, 7) is 4.92. The third-order valence-electron chi connectivity index (χ3n) is 2.35. The number of hydrogen-bond acceptors (Lipinski definition) is 3. The molecule has 0 saturated carbocycles. The summed E-state index contributed by atoms with van der Waals surface area (Å²) in [5, 5.41) is 2.57. The van der Waals surface area contributed by atoms with Gasteiger partial charge in [0.2, 0.25) is 5.91 Å². The molecule has 0 aliphatic heterocycles. The molecule has 0 fully saturated rings. The number of nitrogens with one attached hydrogen (secondary N) is 1. The fourth-order valence-electron chi connectivity index (χ4n) is 1.48. The molecule has 1 N–H and O–H groups in total. The summed E-state index contributed by atoms with van der Waals surface area (Å²) in [7, 11) is 1.23. The Balaban J connectivity index is 3.05. The molecular formula is C13H14FNO3. The molecule has 0 bridgehead atoms. The van der Waals surface area contributed by atoms with Crippen molar-refractivity contribution in [1.29, 1.82) is 0 Å². The second-order valence-corrected chi connectivity index (χ2v) is 3.70. The SMILES string of the molecule is C=C(C(=O)OC)C(NC(C)=O)c1ccc(F)cc1. The molecule has 1 aromatic carbocycles. The minimum atomic E-state index is -0.726. The smallest absolute Gasteiger partial charge is 0.335 e. The van der Waals surface area contributed by atoms with E-state index >= 15 is 0 Å². The summed E-state index contributed by atoms with van der Waals surface area (Å²) in [6.07, 6.45) is 0. The van der Waals surface area contributed by atoms with Crippen LogP contribution in [-0.2, 0) is 14.3 Å². The molecule has 5 heteroatoms. The van der Waals surface area contributed by atoms with Crippen LogP contribution in [0.3, 0.4) is 0 Å². The van der Waals surface area contributed by atoms with Crippen molar-refractivity contribution in [2.75, 3.05) is 7.11 Å². The minimum Gasteiger partial charge on any atom is -0.466 e. The van der Waals surface area contributed by atoms with Crippen LogP contribution in [0.4, 0.5) is 4.39 Å². The van der Waals surface area contributed by atoms with Crippen molar-refractivity contribution in [3.63, 3.8) is 0 Å². The van der Waals surface area contributed by atoms with E-state index in [9.17, 15) is 14.0 Å². The summed E-state index contributed by atoms with van der Waals surface area (Å²) in [5.74, 6) is -1.35. The fraction of sp³-hybridized carbons (Fsp3) is 0.231. The van der Waals surface area contributed by atoms with Gasteiger partial charge in [-0.2, -0.15) is 0 Å². The van der Waals surface area contributed by atoms with Crippen LogP contribution in [0.1, 0.15) is 18.5 Å². The molecule has 0 aliphatic carbocycles. The lowest BCUT2D eigenvalue weighted by atomic mass is 10.00. The van der Waals surface area contributed by atoms with Crippen molar-refractivity contribution >= 4 is 11.9 Å². The number of rotatable bonds is 4. The van der Waals surface area contributed by atoms with Gasteiger partial charge in [-0.25, -0.2) is 9.18 Å². The number of benzene rings is 1. The molecule has 1 rings (SSSR count). The predicted molar refractivity (Wildman–Crippen MR) is 64.1 cm³/mol. The summed E-state index contributed by atoms with van der Waals surface area (Å²) < 4.78 is 17.4. The Labute approximate surface area is 104 Å². The molecule has 4 nitrogen and oxygen atoms in total. The third kappa shape index (κ3) is 3.41. The van der Waals surface area contributed by atoms with Gasteiger partial charge in [-0.3, -0.25) is 4.79 Å². The highest BCUT2D eigenvalue weighted by atomic mass is 19.1. The molecule has 0 aromatic heterocycles. The maximum atomic E-state index is 12.8. The Morgan fingerprint density at radius 3 is 2.33 bits per heavy atom. The van der Waals surface area contributed by atoms with Gasteiger partial charge in [0.1, 0.15) is 5.82 Å². The molecule has 0 spiro atoms. The zero-order valence-electron chi connectivity index (χ0n) is 10.2. The quantitative estimate of drug-likeness (QED) is 0.655. The molecule has 1 aromatic rings. The number of carbonyl (C=O) groups excluding carboxylic acids is 2. The monoisotopic (exact) mass is 251 g/mol. The van der Waals surface area contributed by atoms with E-state index in [0.29, 0.717) is 5.56 Å². The van der Waals surface area contributed by atoms with E-state index in [4.69, 9.17) is 0 Å². The van der Waals surface area contributed by atoms with Gasteiger partial charge in [0.15, 0.2) is 0 Å². The number of carbonyl (C=O) groups is 2. The van der Waals surface area contributed by atoms with Gasteiger partial charge in [0.25, 0.3) is 0 Å². The zero-order chi connectivity index (χ0) is 13.7. The lowest BCUT2D eigenvalue weighted by Gasteiger charge is -2.19. The summed E-state index contributed by atoms with van der Waals surface area (Å²) in [4.78, 5) is 22.6. The van der Waals surface area contributed by atoms with Crippen LogP contribution < -0.4 is 5.32 Å². The number of ether oxygens (including phenoxy) is 1. The number of amides is 1. The van der Waals surface area contributed by atoms with Crippen LogP contribution in [0.2, 0.25) is 0 Å². The standard InChI is InChI=1S/C13H14FNO3/c1-8(13(17)18-3)12(15-9(2)16)10-4-6-11(14)7-5-10/h4-7,12H,1H2,2-3H3,(H,15,16). The van der Waals surface area contributed by atoms with Crippen molar-refractivity contribution in [1.82, 2.24) is 5.32 Å². The Morgan fingerprint density at radius 1 is 1.33 bits per heavy atom. The summed E-state index contributed by atoms with van der Waals surface area (Å²) >= 11 is 0. The molecule has 1 atom stereocenters.